The van der Waals surface area contributed by atoms with Crippen LogP contribution in [0.25, 0.3) is 11.3 Å². The van der Waals surface area contributed by atoms with Crippen molar-refractivity contribution in [1.29, 1.82) is 0 Å². The zero-order valence-electron chi connectivity index (χ0n) is 25.7. The first-order chi connectivity index (χ1) is 22.0. The monoisotopic (exact) mass is 613 g/mol. The quantitative estimate of drug-likeness (QED) is 0.277. The second-order valence-electron chi connectivity index (χ2n) is 12.0. The van der Waals surface area contributed by atoms with Crippen LogP contribution in [0.2, 0.25) is 0 Å². The number of aromatic nitrogens is 1. The lowest BCUT2D eigenvalue weighted by Gasteiger charge is -2.40. The zero-order valence-corrected chi connectivity index (χ0v) is 25.7. The summed E-state index contributed by atoms with van der Waals surface area (Å²) in [5.41, 5.74) is 5.75. The Morgan fingerprint density at radius 1 is 1.00 bits per heavy atom. The van der Waals surface area contributed by atoms with Gasteiger partial charge in [-0.15, -0.1) is 6.58 Å². The van der Waals surface area contributed by atoms with E-state index in [1.165, 1.54) is 12.7 Å². The highest BCUT2D eigenvalue weighted by atomic mass is 16.7. The Balaban J connectivity index is 1.30. The maximum atomic E-state index is 14.8. The van der Waals surface area contributed by atoms with Crippen molar-refractivity contribution in [1.82, 2.24) is 14.4 Å². The molecule has 3 aromatic rings. The van der Waals surface area contributed by atoms with Crippen molar-refractivity contribution in [2.24, 2.45) is 0 Å². The minimum Gasteiger partial charge on any atom is -0.465 e. The molecule has 1 fully saturated rings. The minimum absolute atomic E-state index is 0.0154. The SMILES string of the molecule is C=CCOC1CCn2c(-c3cc4c(cc3C(=O)N3Cc5ccccc5C[C@H]3CN3CCOCC3)OCO4)cc(C(=O)OC)c2C1. The van der Waals surface area contributed by atoms with E-state index in [1.807, 2.05) is 29.2 Å². The highest BCUT2D eigenvalue weighted by Crippen LogP contribution is 2.42. The van der Waals surface area contributed by atoms with E-state index in [2.05, 4.69) is 34.2 Å². The van der Waals surface area contributed by atoms with Gasteiger partial charge >= 0.3 is 5.97 Å². The lowest BCUT2D eigenvalue weighted by atomic mass is 9.92. The number of ether oxygens (including phenoxy) is 5. The Hall–Kier alpha value is -4.12. The van der Waals surface area contributed by atoms with E-state index in [4.69, 9.17) is 23.7 Å². The highest BCUT2D eigenvalue weighted by Gasteiger charge is 2.36. The molecule has 7 rings (SSSR count). The third kappa shape index (κ3) is 5.74. The topological polar surface area (TPSA) is 91.7 Å². The molecule has 4 aliphatic heterocycles. The summed E-state index contributed by atoms with van der Waals surface area (Å²) < 4.78 is 30.5. The van der Waals surface area contributed by atoms with Crippen LogP contribution in [0.5, 0.6) is 11.5 Å². The number of esters is 1. The number of fused-ring (bicyclic) bond motifs is 3. The fourth-order valence-electron chi connectivity index (χ4n) is 7.07. The van der Waals surface area contributed by atoms with Gasteiger partial charge in [0.15, 0.2) is 11.5 Å². The molecule has 0 radical (unpaired) electrons. The van der Waals surface area contributed by atoms with Crippen molar-refractivity contribution in [3.05, 3.63) is 83.1 Å². The molecule has 2 atom stereocenters. The molecule has 0 bridgehead atoms. The number of morpholine rings is 1. The second-order valence-corrected chi connectivity index (χ2v) is 12.0. The molecule has 1 amide bonds. The van der Waals surface area contributed by atoms with Crippen LogP contribution < -0.4 is 9.47 Å². The maximum absolute atomic E-state index is 14.8. The van der Waals surface area contributed by atoms with Gasteiger partial charge in [0.1, 0.15) is 0 Å². The molecule has 0 aliphatic carbocycles. The van der Waals surface area contributed by atoms with Gasteiger partial charge in [0.2, 0.25) is 6.79 Å². The van der Waals surface area contributed by atoms with Gasteiger partial charge in [-0.05, 0) is 42.2 Å². The first-order valence-electron chi connectivity index (χ1n) is 15.7. The van der Waals surface area contributed by atoms with Crippen molar-refractivity contribution in [3.8, 4) is 22.8 Å². The average molecular weight is 614 g/mol. The highest BCUT2D eigenvalue weighted by molar-refractivity contribution is 6.03. The third-order valence-electron chi connectivity index (χ3n) is 9.37. The van der Waals surface area contributed by atoms with E-state index in [-0.39, 0.29) is 24.8 Å². The molecular weight excluding hydrogens is 574 g/mol. The Kier molecular flexibility index (Phi) is 8.35. The smallest absolute Gasteiger partial charge is 0.339 e. The van der Waals surface area contributed by atoms with Crippen molar-refractivity contribution < 1.29 is 33.3 Å². The number of hydrogen-bond donors (Lipinski definition) is 0. The third-order valence-corrected chi connectivity index (χ3v) is 9.37. The molecule has 5 heterocycles. The number of carbonyl (C=O) groups is 2. The van der Waals surface area contributed by atoms with E-state index in [0.717, 1.165) is 49.4 Å². The van der Waals surface area contributed by atoms with Gasteiger partial charge in [-0.3, -0.25) is 9.69 Å². The van der Waals surface area contributed by atoms with Crippen molar-refractivity contribution in [2.75, 3.05) is 53.4 Å². The molecule has 4 aliphatic rings. The summed E-state index contributed by atoms with van der Waals surface area (Å²) in [6, 6.07) is 13.9. The van der Waals surface area contributed by atoms with Crippen LogP contribution in [0.1, 0.15) is 44.0 Å². The Morgan fingerprint density at radius 3 is 2.56 bits per heavy atom. The van der Waals surface area contributed by atoms with Crippen molar-refractivity contribution in [2.45, 2.75) is 44.5 Å². The predicted molar refractivity (Wildman–Crippen MR) is 167 cm³/mol. The van der Waals surface area contributed by atoms with Crippen molar-refractivity contribution >= 4 is 11.9 Å². The number of benzene rings is 2. The van der Waals surface area contributed by atoms with Gasteiger partial charge < -0.3 is 33.2 Å². The zero-order chi connectivity index (χ0) is 30.9. The molecule has 45 heavy (non-hydrogen) atoms. The predicted octanol–water partition coefficient (Wildman–Crippen LogP) is 4.09. The molecule has 0 saturated carbocycles. The van der Waals surface area contributed by atoms with E-state index in [9.17, 15) is 9.59 Å². The van der Waals surface area contributed by atoms with Crippen LogP contribution in [0.4, 0.5) is 0 Å². The molecule has 1 saturated heterocycles. The van der Waals surface area contributed by atoms with E-state index in [0.29, 0.717) is 67.5 Å². The van der Waals surface area contributed by atoms with Crippen LogP contribution >= 0.6 is 0 Å². The summed E-state index contributed by atoms with van der Waals surface area (Å²) in [5.74, 6) is 0.629. The molecule has 236 valence electrons. The number of nitrogens with zero attached hydrogens (tertiary/aromatic N) is 3. The van der Waals surface area contributed by atoms with E-state index < -0.39 is 5.97 Å². The van der Waals surface area contributed by atoms with Gasteiger partial charge in [0.05, 0.1) is 49.9 Å². The van der Waals surface area contributed by atoms with Gasteiger partial charge in [-0.1, -0.05) is 30.3 Å². The molecule has 10 nitrogen and oxygen atoms in total. The van der Waals surface area contributed by atoms with Gasteiger partial charge in [-0.2, -0.15) is 0 Å². The molecular formula is C35H39N3O7. The van der Waals surface area contributed by atoms with Gasteiger partial charge in [0, 0.05) is 56.4 Å². The summed E-state index contributed by atoms with van der Waals surface area (Å²) in [5, 5.41) is 0. The minimum atomic E-state index is -0.416. The summed E-state index contributed by atoms with van der Waals surface area (Å²) >= 11 is 0. The Bertz CT molecular complexity index is 1610. The lowest BCUT2D eigenvalue weighted by molar-refractivity contribution is 0.0193. The van der Waals surface area contributed by atoms with Crippen LogP contribution in [0.3, 0.4) is 0 Å². The number of carbonyl (C=O) groups excluding carboxylic acids is 2. The second kappa shape index (κ2) is 12.7. The number of hydrogen-bond acceptors (Lipinski definition) is 8. The summed E-state index contributed by atoms with van der Waals surface area (Å²) in [6.07, 6.45) is 3.78. The molecule has 0 N–H and O–H groups in total. The van der Waals surface area contributed by atoms with Crippen LogP contribution in [-0.4, -0.2) is 91.7 Å². The summed E-state index contributed by atoms with van der Waals surface area (Å²) in [7, 11) is 1.39. The first-order valence-corrected chi connectivity index (χ1v) is 15.7. The number of rotatable bonds is 8. The van der Waals surface area contributed by atoms with Gasteiger partial charge in [-0.25, -0.2) is 4.79 Å². The lowest BCUT2D eigenvalue weighted by Crippen LogP contribution is -2.52. The molecule has 1 unspecified atom stereocenters. The Labute approximate surface area is 263 Å². The Morgan fingerprint density at radius 2 is 1.78 bits per heavy atom. The normalized spacial score (nSPS) is 20.8. The number of amides is 1. The average Bonchev–Trinajstić information content (AvgIpc) is 3.70. The standard InChI is InChI=1S/C35H39N3O7/c1-3-12-43-26-8-9-37-30(16-26)29(35(40)41-2)17-31(37)27-18-32-33(45-22-44-32)19-28(27)34(39)38-20-24-7-5-4-6-23(24)15-25(38)21-36-10-13-42-14-11-36/h3-7,17-19,25-26H,1,8-16,20-22H2,2H3/t25-,26?/m0/s1. The van der Waals surface area contributed by atoms with Crippen LogP contribution in [-0.2, 0) is 40.1 Å². The summed E-state index contributed by atoms with van der Waals surface area (Å²) in [6.45, 7) is 9.29. The fraction of sp³-hybridized carbons (Fsp3) is 0.429. The largest absolute Gasteiger partial charge is 0.465 e. The molecule has 0 spiro atoms. The van der Waals surface area contributed by atoms with Crippen LogP contribution in [0, 0.1) is 0 Å². The molecule has 10 heteroatoms. The number of methoxy groups -OCH3 is 1. The fourth-order valence-corrected chi connectivity index (χ4v) is 7.07. The van der Waals surface area contributed by atoms with E-state index >= 15 is 0 Å². The molecule has 2 aromatic carbocycles. The first kappa shape index (κ1) is 29.6. The van der Waals surface area contributed by atoms with Gasteiger partial charge in [0.25, 0.3) is 5.91 Å². The van der Waals surface area contributed by atoms with Crippen molar-refractivity contribution in [3.63, 3.8) is 0 Å². The maximum Gasteiger partial charge on any atom is 0.339 e. The molecule has 1 aromatic heterocycles. The summed E-state index contributed by atoms with van der Waals surface area (Å²) in [4.78, 5) is 32.3. The van der Waals surface area contributed by atoms with E-state index in [1.54, 1.807) is 6.08 Å². The van der Waals surface area contributed by atoms with Crippen LogP contribution in [0.15, 0.2) is 55.1 Å².